The fourth-order valence-electron chi connectivity index (χ4n) is 2.14. The van der Waals surface area contributed by atoms with Crippen molar-refractivity contribution >= 4 is 23.4 Å². The van der Waals surface area contributed by atoms with Crippen LogP contribution in [-0.2, 0) is 0 Å². The third-order valence-electron chi connectivity index (χ3n) is 2.98. The van der Waals surface area contributed by atoms with Crippen LogP contribution in [0.3, 0.4) is 0 Å². The van der Waals surface area contributed by atoms with E-state index in [0.29, 0.717) is 10.7 Å². The summed E-state index contributed by atoms with van der Waals surface area (Å²) in [4.78, 5) is 12.8. The molecule has 0 radical (unpaired) electrons. The van der Waals surface area contributed by atoms with Crippen LogP contribution in [0.4, 0.5) is 10.5 Å². The normalized spacial score (nSPS) is 16.8. The van der Waals surface area contributed by atoms with Gasteiger partial charge in [0, 0.05) is 16.8 Å². The Labute approximate surface area is 105 Å². The number of halogens is 1. The highest BCUT2D eigenvalue weighted by Gasteiger charge is 2.26. The minimum atomic E-state index is -0.903. The van der Waals surface area contributed by atoms with Crippen molar-refractivity contribution in [3.63, 3.8) is 0 Å². The van der Waals surface area contributed by atoms with Gasteiger partial charge in [-0.05, 0) is 50.2 Å². The second-order valence-electron chi connectivity index (χ2n) is 4.11. The first kappa shape index (κ1) is 12.2. The molecule has 0 aromatic heterocycles. The van der Waals surface area contributed by atoms with Gasteiger partial charge in [-0.3, -0.25) is 4.90 Å². The van der Waals surface area contributed by atoms with Gasteiger partial charge < -0.3 is 10.4 Å². The Morgan fingerprint density at radius 2 is 1.88 bits per heavy atom. The molecular weight excluding hydrogens is 240 g/mol. The number of nitrogens with zero attached hydrogens (tertiary/aromatic N) is 1. The molecule has 92 valence electrons. The maximum Gasteiger partial charge on any atom is 0.412 e. The zero-order valence-electron chi connectivity index (χ0n) is 9.40. The van der Waals surface area contributed by atoms with Crippen LogP contribution in [0.25, 0.3) is 0 Å². The molecule has 1 aliphatic heterocycles. The molecule has 4 nitrogen and oxygen atoms in total. The fourth-order valence-corrected chi connectivity index (χ4v) is 2.27. The molecule has 0 bridgehead atoms. The van der Waals surface area contributed by atoms with E-state index in [1.807, 2.05) is 0 Å². The number of carboxylic acid groups (broad SMARTS) is 1. The molecule has 1 saturated heterocycles. The standard InChI is InChI=1S/C12H15ClN2O2/c13-9-1-3-10(4-2-9)15(12(16)17)11-5-7-14-8-6-11/h1-4,11,14H,5-8H2,(H,16,17). The number of amides is 1. The Balaban J connectivity index is 2.21. The summed E-state index contributed by atoms with van der Waals surface area (Å²) in [6.45, 7) is 1.73. The quantitative estimate of drug-likeness (QED) is 0.853. The third-order valence-corrected chi connectivity index (χ3v) is 3.24. The number of rotatable bonds is 2. The van der Waals surface area contributed by atoms with Crippen molar-refractivity contribution in [2.75, 3.05) is 18.0 Å². The van der Waals surface area contributed by atoms with Gasteiger partial charge in [0.15, 0.2) is 0 Å². The van der Waals surface area contributed by atoms with Crippen molar-refractivity contribution < 1.29 is 9.90 Å². The molecule has 0 unspecified atom stereocenters. The van der Waals surface area contributed by atoms with Crippen molar-refractivity contribution in [2.24, 2.45) is 0 Å². The first-order valence-corrected chi connectivity index (χ1v) is 6.05. The van der Waals surface area contributed by atoms with E-state index in [9.17, 15) is 9.90 Å². The number of piperidine rings is 1. The van der Waals surface area contributed by atoms with E-state index in [2.05, 4.69) is 5.32 Å². The summed E-state index contributed by atoms with van der Waals surface area (Å²) in [6.07, 6.45) is 0.781. The van der Waals surface area contributed by atoms with Crippen LogP contribution in [0, 0.1) is 0 Å². The van der Waals surface area contributed by atoms with Crippen molar-refractivity contribution in [1.29, 1.82) is 0 Å². The van der Waals surface area contributed by atoms with E-state index in [0.717, 1.165) is 25.9 Å². The van der Waals surface area contributed by atoms with Gasteiger partial charge in [-0.2, -0.15) is 0 Å². The van der Waals surface area contributed by atoms with Crippen LogP contribution in [0.1, 0.15) is 12.8 Å². The van der Waals surface area contributed by atoms with Gasteiger partial charge in [0.25, 0.3) is 0 Å². The zero-order valence-corrected chi connectivity index (χ0v) is 10.2. The summed E-state index contributed by atoms with van der Waals surface area (Å²) in [7, 11) is 0. The van der Waals surface area contributed by atoms with E-state index in [-0.39, 0.29) is 6.04 Å². The molecule has 2 rings (SSSR count). The van der Waals surface area contributed by atoms with Crippen LogP contribution in [0.5, 0.6) is 0 Å². The lowest BCUT2D eigenvalue weighted by Gasteiger charge is -2.32. The van der Waals surface area contributed by atoms with Gasteiger partial charge in [0.1, 0.15) is 0 Å². The van der Waals surface area contributed by atoms with E-state index in [1.54, 1.807) is 24.3 Å². The molecule has 1 amide bonds. The number of anilines is 1. The molecule has 5 heteroatoms. The number of hydrogen-bond acceptors (Lipinski definition) is 2. The summed E-state index contributed by atoms with van der Waals surface area (Å²) in [5.41, 5.74) is 0.689. The fraction of sp³-hybridized carbons (Fsp3) is 0.417. The van der Waals surface area contributed by atoms with Crippen molar-refractivity contribution in [1.82, 2.24) is 5.32 Å². The highest BCUT2D eigenvalue weighted by atomic mass is 35.5. The van der Waals surface area contributed by atoms with Gasteiger partial charge in [0.05, 0.1) is 0 Å². The Morgan fingerprint density at radius 3 is 2.41 bits per heavy atom. The van der Waals surface area contributed by atoms with Crippen molar-refractivity contribution in [3.05, 3.63) is 29.3 Å². The van der Waals surface area contributed by atoms with E-state index < -0.39 is 6.09 Å². The number of nitrogens with one attached hydrogen (secondary N) is 1. The lowest BCUT2D eigenvalue weighted by atomic mass is 10.0. The SMILES string of the molecule is O=C(O)N(c1ccc(Cl)cc1)C1CCNCC1. The summed E-state index contributed by atoms with van der Waals surface area (Å²) < 4.78 is 0. The Bertz CT molecular complexity index is 388. The number of hydrogen-bond donors (Lipinski definition) is 2. The second kappa shape index (κ2) is 5.38. The molecule has 17 heavy (non-hydrogen) atoms. The lowest BCUT2D eigenvalue weighted by molar-refractivity contribution is 0.197. The monoisotopic (exact) mass is 254 g/mol. The van der Waals surface area contributed by atoms with Gasteiger partial charge in [-0.25, -0.2) is 4.79 Å². The highest BCUT2D eigenvalue weighted by molar-refractivity contribution is 6.30. The molecular formula is C12H15ClN2O2. The van der Waals surface area contributed by atoms with Crippen LogP contribution < -0.4 is 10.2 Å². The van der Waals surface area contributed by atoms with Crippen molar-refractivity contribution in [3.8, 4) is 0 Å². The average molecular weight is 255 g/mol. The summed E-state index contributed by atoms with van der Waals surface area (Å²) in [5.74, 6) is 0. The Morgan fingerprint density at radius 1 is 1.29 bits per heavy atom. The first-order valence-electron chi connectivity index (χ1n) is 5.67. The molecule has 1 aromatic carbocycles. The highest BCUT2D eigenvalue weighted by Crippen LogP contribution is 2.23. The number of carbonyl (C=O) groups is 1. The molecule has 1 fully saturated rings. The van der Waals surface area contributed by atoms with E-state index in [4.69, 9.17) is 11.6 Å². The van der Waals surface area contributed by atoms with Crippen LogP contribution >= 0.6 is 11.6 Å². The predicted octanol–water partition coefficient (Wildman–Crippen LogP) is 2.58. The first-order chi connectivity index (χ1) is 8.18. The zero-order chi connectivity index (χ0) is 12.3. The van der Waals surface area contributed by atoms with Gasteiger partial charge in [-0.15, -0.1) is 0 Å². The third kappa shape index (κ3) is 2.90. The van der Waals surface area contributed by atoms with Crippen LogP contribution in [-0.4, -0.2) is 30.3 Å². The number of benzene rings is 1. The minimum Gasteiger partial charge on any atom is -0.465 e. The van der Waals surface area contributed by atoms with Gasteiger partial charge in [0.2, 0.25) is 0 Å². The second-order valence-corrected chi connectivity index (χ2v) is 4.55. The molecule has 0 saturated carbocycles. The summed E-state index contributed by atoms with van der Waals surface area (Å²) in [6, 6.07) is 6.98. The lowest BCUT2D eigenvalue weighted by Crippen LogP contribution is -2.45. The van der Waals surface area contributed by atoms with Crippen molar-refractivity contribution in [2.45, 2.75) is 18.9 Å². The Kier molecular flexibility index (Phi) is 3.86. The maximum atomic E-state index is 11.4. The van der Waals surface area contributed by atoms with Crippen LogP contribution in [0.2, 0.25) is 5.02 Å². The molecule has 1 heterocycles. The van der Waals surface area contributed by atoms with E-state index >= 15 is 0 Å². The predicted molar refractivity (Wildman–Crippen MR) is 67.8 cm³/mol. The summed E-state index contributed by atoms with van der Waals surface area (Å²) >= 11 is 5.81. The molecule has 1 aliphatic rings. The molecule has 0 atom stereocenters. The van der Waals surface area contributed by atoms with Gasteiger partial charge >= 0.3 is 6.09 Å². The molecule has 0 spiro atoms. The smallest absolute Gasteiger partial charge is 0.412 e. The van der Waals surface area contributed by atoms with E-state index in [1.165, 1.54) is 4.90 Å². The average Bonchev–Trinajstić information content (AvgIpc) is 2.33. The Hall–Kier alpha value is -1.26. The molecule has 2 N–H and O–H groups in total. The van der Waals surface area contributed by atoms with Gasteiger partial charge in [-0.1, -0.05) is 11.6 Å². The molecule has 0 aliphatic carbocycles. The topological polar surface area (TPSA) is 52.6 Å². The summed E-state index contributed by atoms with van der Waals surface area (Å²) in [5, 5.41) is 13.2. The maximum absolute atomic E-state index is 11.4. The van der Waals surface area contributed by atoms with Crippen LogP contribution in [0.15, 0.2) is 24.3 Å². The molecule has 1 aromatic rings. The largest absolute Gasteiger partial charge is 0.465 e. The minimum absolute atomic E-state index is 0.0509.